The van der Waals surface area contributed by atoms with E-state index in [2.05, 4.69) is 28.3 Å². The van der Waals surface area contributed by atoms with Gasteiger partial charge in [-0.25, -0.2) is 9.97 Å². The molecule has 108 valence electrons. The molecule has 2 heterocycles. The fourth-order valence-corrected chi connectivity index (χ4v) is 2.51. The smallest absolute Gasteiger partial charge is 0.277 e. The Morgan fingerprint density at radius 2 is 2.19 bits per heavy atom. The molecule has 1 aromatic heterocycles. The maximum Gasteiger partial charge on any atom is 0.277 e. The lowest BCUT2D eigenvalue weighted by Crippen LogP contribution is -2.29. The van der Waals surface area contributed by atoms with Crippen molar-refractivity contribution in [3.63, 3.8) is 0 Å². The maximum absolute atomic E-state index is 12.6. The predicted molar refractivity (Wildman–Crippen MR) is 82.6 cm³/mol. The van der Waals surface area contributed by atoms with E-state index in [0.717, 1.165) is 25.1 Å². The van der Waals surface area contributed by atoms with E-state index in [1.54, 1.807) is 11.0 Å². The Kier molecular flexibility index (Phi) is 3.81. The van der Waals surface area contributed by atoms with E-state index in [4.69, 9.17) is 0 Å². The molecule has 0 atom stereocenters. The van der Waals surface area contributed by atoms with Crippen molar-refractivity contribution in [1.29, 1.82) is 0 Å². The van der Waals surface area contributed by atoms with Crippen molar-refractivity contribution in [3.8, 4) is 0 Å². The molecular weight excluding hydrogens is 264 g/mol. The van der Waals surface area contributed by atoms with Crippen LogP contribution in [0.25, 0.3) is 0 Å². The van der Waals surface area contributed by atoms with Gasteiger partial charge in [0.2, 0.25) is 0 Å². The summed E-state index contributed by atoms with van der Waals surface area (Å²) < 4.78 is 0. The summed E-state index contributed by atoms with van der Waals surface area (Å²) in [5, 5.41) is 3.18. The summed E-state index contributed by atoms with van der Waals surface area (Å²) in [6.45, 7) is 3.62. The van der Waals surface area contributed by atoms with Gasteiger partial charge in [-0.1, -0.05) is 25.1 Å². The molecule has 1 amide bonds. The molecule has 0 aliphatic carbocycles. The van der Waals surface area contributed by atoms with Crippen LogP contribution in [0.4, 0.5) is 11.5 Å². The van der Waals surface area contributed by atoms with Gasteiger partial charge >= 0.3 is 0 Å². The molecule has 0 fully saturated rings. The topological polar surface area (TPSA) is 58.1 Å². The first-order valence-corrected chi connectivity index (χ1v) is 7.25. The van der Waals surface area contributed by atoms with E-state index in [0.29, 0.717) is 18.1 Å². The standard InChI is InChI=1S/C16H18N4O/c1-2-8-17-15-10-13(18-11-19-15)16(21)20-9-7-12-5-3-4-6-14(12)20/h3-6,10-11H,2,7-9H2,1H3,(H,17,18,19). The third-order valence-electron chi connectivity index (χ3n) is 3.57. The number of anilines is 2. The van der Waals surface area contributed by atoms with Crippen LogP contribution in [0.5, 0.6) is 0 Å². The molecule has 1 aliphatic heterocycles. The Morgan fingerprint density at radius 1 is 1.33 bits per heavy atom. The summed E-state index contributed by atoms with van der Waals surface area (Å²) >= 11 is 0. The highest BCUT2D eigenvalue weighted by atomic mass is 16.2. The van der Waals surface area contributed by atoms with Gasteiger partial charge in [-0.3, -0.25) is 4.79 Å². The second-order valence-electron chi connectivity index (χ2n) is 5.05. The summed E-state index contributed by atoms with van der Waals surface area (Å²) in [7, 11) is 0. The predicted octanol–water partition coefficient (Wildman–Crippen LogP) is 2.50. The van der Waals surface area contributed by atoms with Gasteiger partial charge in [0.05, 0.1) is 0 Å². The number of aromatic nitrogens is 2. The lowest BCUT2D eigenvalue weighted by atomic mass is 10.2. The largest absolute Gasteiger partial charge is 0.370 e. The molecule has 0 spiro atoms. The summed E-state index contributed by atoms with van der Waals surface area (Å²) in [6.07, 6.45) is 3.34. The van der Waals surface area contributed by atoms with Crippen molar-refractivity contribution in [2.24, 2.45) is 0 Å². The maximum atomic E-state index is 12.6. The Balaban J connectivity index is 1.83. The molecular formula is C16H18N4O. The van der Waals surface area contributed by atoms with Crippen molar-refractivity contribution < 1.29 is 4.79 Å². The van der Waals surface area contributed by atoms with Crippen molar-refractivity contribution in [2.75, 3.05) is 23.3 Å². The fraction of sp³-hybridized carbons (Fsp3) is 0.312. The minimum atomic E-state index is -0.0677. The van der Waals surface area contributed by atoms with E-state index in [9.17, 15) is 4.79 Å². The number of nitrogens with one attached hydrogen (secondary N) is 1. The highest BCUT2D eigenvalue weighted by molar-refractivity contribution is 6.06. The first kappa shape index (κ1) is 13.5. The fourth-order valence-electron chi connectivity index (χ4n) is 2.51. The molecule has 1 aromatic carbocycles. The summed E-state index contributed by atoms with van der Waals surface area (Å²) in [5.41, 5.74) is 2.63. The number of carbonyl (C=O) groups is 1. The van der Waals surface area contributed by atoms with Crippen LogP contribution in [0.1, 0.15) is 29.4 Å². The van der Waals surface area contributed by atoms with Gasteiger partial charge in [0.15, 0.2) is 0 Å². The molecule has 0 bridgehead atoms. The first-order valence-electron chi connectivity index (χ1n) is 7.25. The zero-order chi connectivity index (χ0) is 14.7. The van der Waals surface area contributed by atoms with Crippen molar-refractivity contribution in [2.45, 2.75) is 19.8 Å². The Hall–Kier alpha value is -2.43. The SMILES string of the molecule is CCCNc1cc(C(=O)N2CCc3ccccc32)ncn1. The van der Waals surface area contributed by atoms with Crippen LogP contribution in [0.3, 0.4) is 0 Å². The first-order chi connectivity index (χ1) is 10.3. The molecule has 0 radical (unpaired) electrons. The van der Waals surface area contributed by atoms with Crippen LogP contribution in [-0.2, 0) is 6.42 Å². The van der Waals surface area contributed by atoms with Crippen LogP contribution in [0.15, 0.2) is 36.7 Å². The number of hydrogen-bond acceptors (Lipinski definition) is 4. The van der Waals surface area contributed by atoms with E-state index in [1.807, 2.05) is 18.2 Å². The lowest BCUT2D eigenvalue weighted by Gasteiger charge is -2.17. The van der Waals surface area contributed by atoms with Gasteiger partial charge in [-0.05, 0) is 24.5 Å². The summed E-state index contributed by atoms with van der Waals surface area (Å²) in [6, 6.07) is 9.73. The molecule has 2 aromatic rings. The summed E-state index contributed by atoms with van der Waals surface area (Å²) in [5.74, 6) is 0.629. The molecule has 3 rings (SSSR count). The van der Waals surface area contributed by atoms with Crippen molar-refractivity contribution in [1.82, 2.24) is 9.97 Å². The number of para-hydroxylation sites is 1. The molecule has 0 unspecified atom stereocenters. The number of fused-ring (bicyclic) bond motifs is 1. The average Bonchev–Trinajstić information content (AvgIpc) is 2.96. The monoisotopic (exact) mass is 282 g/mol. The minimum absolute atomic E-state index is 0.0677. The van der Waals surface area contributed by atoms with E-state index >= 15 is 0 Å². The van der Waals surface area contributed by atoms with Crippen molar-refractivity contribution >= 4 is 17.4 Å². The second kappa shape index (κ2) is 5.91. The third kappa shape index (κ3) is 2.72. The quantitative estimate of drug-likeness (QED) is 0.936. The molecule has 1 N–H and O–H groups in total. The number of rotatable bonds is 4. The number of amides is 1. The van der Waals surface area contributed by atoms with Gasteiger partial charge < -0.3 is 10.2 Å². The van der Waals surface area contributed by atoms with Gasteiger partial charge in [0, 0.05) is 24.8 Å². The Bertz CT molecular complexity index is 656. The van der Waals surface area contributed by atoms with Gasteiger partial charge in [-0.2, -0.15) is 0 Å². The zero-order valence-electron chi connectivity index (χ0n) is 12.0. The second-order valence-corrected chi connectivity index (χ2v) is 5.05. The van der Waals surface area contributed by atoms with E-state index < -0.39 is 0 Å². The Labute approximate surface area is 124 Å². The highest BCUT2D eigenvalue weighted by Crippen LogP contribution is 2.28. The minimum Gasteiger partial charge on any atom is -0.370 e. The average molecular weight is 282 g/mol. The lowest BCUT2D eigenvalue weighted by molar-refractivity contribution is 0.0984. The molecule has 0 saturated carbocycles. The van der Waals surface area contributed by atoms with E-state index in [1.165, 1.54) is 11.9 Å². The van der Waals surface area contributed by atoms with Gasteiger partial charge in [-0.15, -0.1) is 0 Å². The van der Waals surface area contributed by atoms with Crippen LogP contribution < -0.4 is 10.2 Å². The normalized spacial score (nSPS) is 13.1. The van der Waals surface area contributed by atoms with Gasteiger partial charge in [0.1, 0.15) is 17.8 Å². The number of hydrogen-bond donors (Lipinski definition) is 1. The third-order valence-corrected chi connectivity index (χ3v) is 3.57. The molecule has 1 aliphatic rings. The summed E-state index contributed by atoms with van der Waals surface area (Å²) in [4.78, 5) is 22.7. The Morgan fingerprint density at radius 3 is 3.05 bits per heavy atom. The van der Waals surface area contributed by atoms with Crippen LogP contribution in [0, 0.1) is 0 Å². The number of benzene rings is 1. The number of nitrogens with zero attached hydrogens (tertiary/aromatic N) is 3. The zero-order valence-corrected chi connectivity index (χ0v) is 12.0. The molecule has 5 nitrogen and oxygen atoms in total. The van der Waals surface area contributed by atoms with Crippen LogP contribution in [-0.4, -0.2) is 29.0 Å². The van der Waals surface area contributed by atoms with Crippen molar-refractivity contribution in [3.05, 3.63) is 47.9 Å². The molecule has 5 heteroatoms. The van der Waals surface area contributed by atoms with E-state index in [-0.39, 0.29) is 5.91 Å². The molecule has 0 saturated heterocycles. The van der Waals surface area contributed by atoms with Crippen LogP contribution >= 0.6 is 0 Å². The van der Waals surface area contributed by atoms with Crippen LogP contribution in [0.2, 0.25) is 0 Å². The number of carbonyl (C=O) groups excluding carboxylic acids is 1. The van der Waals surface area contributed by atoms with Gasteiger partial charge in [0.25, 0.3) is 5.91 Å². The highest BCUT2D eigenvalue weighted by Gasteiger charge is 2.26. The molecule has 21 heavy (non-hydrogen) atoms.